The Hall–Kier alpha value is -2.22. The summed E-state index contributed by atoms with van der Waals surface area (Å²) in [6.07, 6.45) is 6.28. The molecule has 0 aliphatic carbocycles. The van der Waals surface area contributed by atoms with Crippen LogP contribution in [-0.4, -0.2) is 23.0 Å². The second-order valence-corrected chi connectivity index (χ2v) is 3.46. The summed E-state index contributed by atoms with van der Waals surface area (Å²) >= 11 is 0. The molecule has 0 aliphatic rings. The van der Waals surface area contributed by atoms with E-state index in [2.05, 4.69) is 11.2 Å². The summed E-state index contributed by atoms with van der Waals surface area (Å²) in [6.45, 7) is 1.90. The fraction of sp³-hybridized carbons (Fsp3) is 0.333. The molecule has 0 radical (unpaired) electrons. The van der Waals surface area contributed by atoms with Crippen molar-refractivity contribution in [2.75, 3.05) is 0 Å². The van der Waals surface area contributed by atoms with Crippen molar-refractivity contribution >= 4 is 11.9 Å². The van der Waals surface area contributed by atoms with Crippen molar-refractivity contribution in [2.24, 2.45) is 0 Å². The van der Waals surface area contributed by atoms with Gasteiger partial charge in [-0.05, 0) is 18.6 Å². The minimum Gasteiger partial charge on any atom is -0.475 e. The number of hydrogen-bond donors (Lipinski definition) is 2. The van der Waals surface area contributed by atoms with Crippen molar-refractivity contribution in [1.82, 2.24) is 5.32 Å². The van der Waals surface area contributed by atoms with E-state index in [1.54, 1.807) is 0 Å². The summed E-state index contributed by atoms with van der Waals surface area (Å²) in [5, 5.41) is 11.3. The second-order valence-electron chi connectivity index (χ2n) is 3.46. The highest BCUT2D eigenvalue weighted by Crippen LogP contribution is 2.08. The summed E-state index contributed by atoms with van der Waals surface area (Å²) in [6, 6.07) is 2.42. The predicted molar refractivity (Wildman–Crippen MR) is 60.7 cm³/mol. The van der Waals surface area contributed by atoms with E-state index in [1.165, 1.54) is 12.1 Å². The van der Waals surface area contributed by atoms with E-state index >= 15 is 0 Å². The van der Waals surface area contributed by atoms with Crippen molar-refractivity contribution in [2.45, 2.75) is 25.8 Å². The normalized spacial score (nSPS) is 11.5. The molecule has 0 aromatic carbocycles. The van der Waals surface area contributed by atoms with E-state index in [0.29, 0.717) is 12.8 Å². The van der Waals surface area contributed by atoms with Gasteiger partial charge in [0.2, 0.25) is 5.76 Å². The van der Waals surface area contributed by atoms with Crippen LogP contribution in [0.1, 0.15) is 40.9 Å². The predicted octanol–water partition coefficient (Wildman–Crippen LogP) is 1.51. The highest BCUT2D eigenvalue weighted by atomic mass is 16.4. The van der Waals surface area contributed by atoms with Crippen molar-refractivity contribution in [3.63, 3.8) is 0 Å². The molecule has 1 amide bonds. The molecular formula is C12H13NO4. The number of nitrogens with one attached hydrogen (secondary N) is 1. The quantitative estimate of drug-likeness (QED) is 0.758. The minimum atomic E-state index is -1.21. The monoisotopic (exact) mass is 235 g/mol. The van der Waals surface area contributed by atoms with Gasteiger partial charge in [0.1, 0.15) is 0 Å². The maximum atomic E-state index is 11.7. The van der Waals surface area contributed by atoms with Crippen molar-refractivity contribution in [3.05, 3.63) is 23.7 Å². The van der Waals surface area contributed by atoms with Gasteiger partial charge < -0.3 is 14.8 Å². The Morgan fingerprint density at radius 2 is 2.18 bits per heavy atom. The molecule has 0 fully saturated rings. The molecule has 1 unspecified atom stereocenters. The zero-order valence-electron chi connectivity index (χ0n) is 9.40. The molecule has 5 nitrogen and oxygen atoms in total. The van der Waals surface area contributed by atoms with Crippen LogP contribution in [0.3, 0.4) is 0 Å². The van der Waals surface area contributed by atoms with Crippen LogP contribution in [0.4, 0.5) is 0 Å². The van der Waals surface area contributed by atoms with E-state index < -0.39 is 11.9 Å². The Morgan fingerprint density at radius 3 is 2.65 bits per heavy atom. The smallest absolute Gasteiger partial charge is 0.371 e. The van der Waals surface area contributed by atoms with Gasteiger partial charge in [-0.1, -0.05) is 6.92 Å². The van der Waals surface area contributed by atoms with E-state index in [9.17, 15) is 9.59 Å². The first-order chi connectivity index (χ1) is 8.08. The number of hydrogen-bond acceptors (Lipinski definition) is 3. The molecule has 0 bridgehead atoms. The van der Waals surface area contributed by atoms with Gasteiger partial charge in [0.25, 0.3) is 5.91 Å². The molecule has 1 heterocycles. The third-order valence-electron chi connectivity index (χ3n) is 2.23. The summed E-state index contributed by atoms with van der Waals surface area (Å²) in [7, 11) is 0. The maximum Gasteiger partial charge on any atom is 0.371 e. The molecule has 1 rings (SSSR count). The zero-order chi connectivity index (χ0) is 12.8. The largest absolute Gasteiger partial charge is 0.475 e. The summed E-state index contributed by atoms with van der Waals surface area (Å²) < 4.78 is 4.87. The van der Waals surface area contributed by atoms with Gasteiger partial charge in [-0.3, -0.25) is 4.79 Å². The molecule has 1 aromatic rings. The van der Waals surface area contributed by atoms with Gasteiger partial charge in [0, 0.05) is 12.5 Å². The molecule has 2 N–H and O–H groups in total. The van der Waals surface area contributed by atoms with Crippen LogP contribution in [-0.2, 0) is 0 Å². The van der Waals surface area contributed by atoms with Crippen LogP contribution in [0, 0.1) is 12.3 Å². The Bertz CT molecular complexity index is 455. The Balaban J connectivity index is 2.69. The highest BCUT2D eigenvalue weighted by Gasteiger charge is 2.17. The number of furan rings is 1. The van der Waals surface area contributed by atoms with Crippen molar-refractivity contribution in [1.29, 1.82) is 0 Å². The van der Waals surface area contributed by atoms with Gasteiger partial charge in [0.05, 0.1) is 0 Å². The molecule has 5 heteroatoms. The van der Waals surface area contributed by atoms with Crippen molar-refractivity contribution < 1.29 is 19.1 Å². The molecular weight excluding hydrogens is 222 g/mol. The van der Waals surface area contributed by atoms with Crippen LogP contribution in [0.5, 0.6) is 0 Å². The van der Waals surface area contributed by atoms with Gasteiger partial charge in [0.15, 0.2) is 5.76 Å². The first kappa shape index (κ1) is 12.8. The number of carboxylic acid groups (broad SMARTS) is 1. The number of carboxylic acids is 1. The molecule has 17 heavy (non-hydrogen) atoms. The molecule has 90 valence electrons. The van der Waals surface area contributed by atoms with Crippen LogP contribution >= 0.6 is 0 Å². The lowest BCUT2D eigenvalue weighted by Gasteiger charge is -2.12. The van der Waals surface area contributed by atoms with Gasteiger partial charge >= 0.3 is 5.97 Å². The van der Waals surface area contributed by atoms with Crippen LogP contribution < -0.4 is 5.32 Å². The van der Waals surface area contributed by atoms with Crippen LogP contribution in [0.2, 0.25) is 0 Å². The van der Waals surface area contributed by atoms with E-state index in [4.69, 9.17) is 15.9 Å². The topological polar surface area (TPSA) is 79.5 Å². The van der Waals surface area contributed by atoms with Crippen LogP contribution in [0.25, 0.3) is 0 Å². The summed E-state index contributed by atoms with van der Waals surface area (Å²) in [4.78, 5) is 22.2. The van der Waals surface area contributed by atoms with E-state index in [-0.39, 0.29) is 17.6 Å². The molecule has 1 aromatic heterocycles. The summed E-state index contributed by atoms with van der Waals surface area (Å²) in [5.41, 5.74) is 0. The van der Waals surface area contributed by atoms with Gasteiger partial charge in [-0.2, -0.15) is 0 Å². The molecule has 0 saturated carbocycles. The second kappa shape index (κ2) is 5.75. The standard InChI is InChI=1S/C12H13NO4/c1-3-5-8(4-2)13-11(14)9-6-7-10(17-9)12(15)16/h1,6-8H,4-5H2,2H3,(H,13,14)(H,15,16). The van der Waals surface area contributed by atoms with Crippen molar-refractivity contribution in [3.8, 4) is 12.3 Å². The molecule has 0 spiro atoms. The molecule has 0 saturated heterocycles. The fourth-order valence-corrected chi connectivity index (χ4v) is 1.27. The van der Waals surface area contributed by atoms with E-state index in [0.717, 1.165) is 0 Å². The Morgan fingerprint density at radius 1 is 1.53 bits per heavy atom. The molecule has 1 atom stereocenters. The number of amides is 1. The van der Waals surface area contributed by atoms with Gasteiger partial charge in [-0.15, -0.1) is 12.3 Å². The first-order valence-electron chi connectivity index (χ1n) is 5.16. The van der Waals surface area contributed by atoms with Crippen LogP contribution in [0.15, 0.2) is 16.5 Å². The lowest BCUT2D eigenvalue weighted by atomic mass is 10.1. The third-order valence-corrected chi connectivity index (χ3v) is 2.23. The number of carbonyl (C=O) groups is 2. The average Bonchev–Trinajstić information content (AvgIpc) is 2.77. The highest BCUT2D eigenvalue weighted by molar-refractivity contribution is 5.93. The first-order valence-corrected chi connectivity index (χ1v) is 5.16. The Labute approximate surface area is 98.8 Å². The number of terminal acetylenes is 1. The maximum absolute atomic E-state index is 11.7. The molecule has 0 aliphatic heterocycles. The minimum absolute atomic E-state index is 0.0297. The number of aromatic carboxylic acids is 1. The fourth-order valence-electron chi connectivity index (χ4n) is 1.27. The number of rotatable bonds is 5. The van der Waals surface area contributed by atoms with E-state index in [1.807, 2.05) is 6.92 Å². The number of carbonyl (C=O) groups excluding carboxylic acids is 1. The van der Waals surface area contributed by atoms with Gasteiger partial charge in [-0.25, -0.2) is 4.79 Å². The zero-order valence-corrected chi connectivity index (χ0v) is 9.40. The lowest BCUT2D eigenvalue weighted by molar-refractivity contribution is 0.0659. The summed E-state index contributed by atoms with van der Waals surface area (Å²) in [5.74, 6) is 0.499. The lowest BCUT2D eigenvalue weighted by Crippen LogP contribution is -2.33. The SMILES string of the molecule is C#CCC(CC)NC(=O)c1ccc(C(=O)O)o1. The third kappa shape index (κ3) is 3.38. The Kier molecular flexibility index (Phi) is 4.35. The average molecular weight is 235 g/mol.